The minimum absolute atomic E-state index is 0.240. The number of aromatic nitrogens is 3. The lowest BCUT2D eigenvalue weighted by Gasteiger charge is -2.35. The number of pyridine rings is 1. The monoisotopic (exact) mass is 435 g/mol. The van der Waals surface area contributed by atoms with Crippen LogP contribution in [0.3, 0.4) is 0 Å². The molecule has 11 heteroatoms. The van der Waals surface area contributed by atoms with Gasteiger partial charge in [0.25, 0.3) is 5.91 Å². The Morgan fingerprint density at radius 1 is 1.14 bits per heavy atom. The predicted octanol–water partition coefficient (Wildman–Crippen LogP) is 4.15. The number of alkyl halides is 3. The van der Waals surface area contributed by atoms with Gasteiger partial charge in [0, 0.05) is 38.4 Å². The lowest BCUT2D eigenvalue weighted by atomic mass is 10.1. The molecule has 1 saturated heterocycles. The molecular formula is C17H18Cl2F3N5O. The second kappa shape index (κ2) is 7.79. The van der Waals surface area contributed by atoms with Crippen LogP contribution in [0.2, 0.25) is 10.0 Å². The Bertz CT molecular complexity index is 876. The van der Waals surface area contributed by atoms with E-state index in [4.69, 9.17) is 23.2 Å². The fraction of sp³-hybridized carbons (Fsp3) is 0.471. The lowest BCUT2D eigenvalue weighted by molar-refractivity contribution is -0.145. The molecule has 2 aromatic rings. The number of anilines is 1. The van der Waals surface area contributed by atoms with Crippen molar-refractivity contribution in [3.05, 3.63) is 39.8 Å². The maximum atomic E-state index is 13.5. The van der Waals surface area contributed by atoms with Crippen LogP contribution in [0.4, 0.5) is 19.0 Å². The van der Waals surface area contributed by atoms with Crippen LogP contribution in [-0.2, 0) is 6.18 Å². The first kappa shape index (κ1) is 20.7. The van der Waals surface area contributed by atoms with Crippen molar-refractivity contribution < 1.29 is 18.0 Å². The fourth-order valence-electron chi connectivity index (χ4n) is 3.12. The molecule has 0 bridgehead atoms. The number of halogens is 5. The molecule has 1 aliphatic rings. The molecule has 2 aromatic heterocycles. The number of amides is 1. The van der Waals surface area contributed by atoms with Crippen LogP contribution in [0.25, 0.3) is 0 Å². The third-order valence-corrected chi connectivity index (χ3v) is 4.92. The highest BCUT2D eigenvalue weighted by Crippen LogP contribution is 2.34. The molecule has 0 saturated carbocycles. The van der Waals surface area contributed by atoms with Gasteiger partial charge >= 0.3 is 6.18 Å². The van der Waals surface area contributed by atoms with Gasteiger partial charge in [-0.1, -0.05) is 23.2 Å². The molecule has 3 rings (SSSR count). The molecule has 3 heterocycles. The first-order valence-corrected chi connectivity index (χ1v) is 9.35. The summed E-state index contributed by atoms with van der Waals surface area (Å²) < 4.78 is 41.4. The summed E-state index contributed by atoms with van der Waals surface area (Å²) in [5.74, 6) is -0.157. The van der Waals surface area contributed by atoms with Crippen LogP contribution in [0.1, 0.15) is 35.9 Å². The van der Waals surface area contributed by atoms with E-state index in [0.29, 0.717) is 29.0 Å². The van der Waals surface area contributed by atoms with Gasteiger partial charge in [-0.05, 0) is 19.9 Å². The highest BCUT2D eigenvalue weighted by Gasteiger charge is 2.41. The van der Waals surface area contributed by atoms with Gasteiger partial charge in [0.2, 0.25) is 0 Å². The van der Waals surface area contributed by atoms with Gasteiger partial charge in [-0.25, -0.2) is 4.98 Å². The SMILES string of the molecule is CC(C)n1ncc(C(=O)N2CCN(c3ncc(Cl)cc3Cl)CC2)c1C(F)(F)F. The molecular weight excluding hydrogens is 418 g/mol. The van der Waals surface area contributed by atoms with Crippen LogP contribution in [0, 0.1) is 0 Å². The largest absolute Gasteiger partial charge is 0.433 e. The summed E-state index contributed by atoms with van der Waals surface area (Å²) in [7, 11) is 0. The maximum absolute atomic E-state index is 13.5. The molecule has 1 fully saturated rings. The van der Waals surface area contributed by atoms with Crippen molar-refractivity contribution in [2.45, 2.75) is 26.1 Å². The Morgan fingerprint density at radius 2 is 1.79 bits per heavy atom. The fourth-order valence-corrected chi connectivity index (χ4v) is 3.62. The van der Waals surface area contributed by atoms with Gasteiger partial charge in [0.05, 0.1) is 21.8 Å². The second-order valence-corrected chi connectivity index (χ2v) is 7.52. The van der Waals surface area contributed by atoms with Gasteiger partial charge in [-0.3, -0.25) is 9.48 Å². The smallest absolute Gasteiger partial charge is 0.352 e. The van der Waals surface area contributed by atoms with Crippen molar-refractivity contribution in [1.29, 1.82) is 0 Å². The highest BCUT2D eigenvalue weighted by atomic mass is 35.5. The van der Waals surface area contributed by atoms with E-state index >= 15 is 0 Å². The van der Waals surface area contributed by atoms with Gasteiger partial charge in [0.15, 0.2) is 5.69 Å². The molecule has 1 aliphatic heterocycles. The molecule has 0 radical (unpaired) electrons. The first-order chi connectivity index (χ1) is 13.1. The van der Waals surface area contributed by atoms with Crippen LogP contribution >= 0.6 is 23.2 Å². The number of hydrogen-bond acceptors (Lipinski definition) is 4. The quantitative estimate of drug-likeness (QED) is 0.726. The summed E-state index contributed by atoms with van der Waals surface area (Å²) in [6.07, 6.45) is -2.21. The third-order valence-electron chi connectivity index (χ3n) is 4.44. The van der Waals surface area contributed by atoms with Crippen molar-refractivity contribution >= 4 is 34.9 Å². The summed E-state index contributed by atoms with van der Waals surface area (Å²) >= 11 is 12.0. The molecule has 0 aliphatic carbocycles. The second-order valence-electron chi connectivity index (χ2n) is 6.68. The lowest BCUT2D eigenvalue weighted by Crippen LogP contribution is -2.49. The molecule has 0 aromatic carbocycles. The maximum Gasteiger partial charge on any atom is 0.433 e. The highest BCUT2D eigenvalue weighted by molar-refractivity contribution is 6.36. The van der Waals surface area contributed by atoms with Gasteiger partial charge < -0.3 is 9.80 Å². The van der Waals surface area contributed by atoms with Gasteiger partial charge in [-0.15, -0.1) is 0 Å². The number of carbonyl (C=O) groups excluding carboxylic acids is 1. The van der Waals surface area contributed by atoms with Crippen LogP contribution < -0.4 is 4.90 Å². The average molecular weight is 436 g/mol. The first-order valence-electron chi connectivity index (χ1n) is 8.59. The molecule has 1 amide bonds. The average Bonchev–Trinajstić information content (AvgIpc) is 3.07. The summed E-state index contributed by atoms with van der Waals surface area (Å²) in [6, 6.07) is 1.05. The van der Waals surface area contributed by atoms with Crippen molar-refractivity contribution in [2.24, 2.45) is 0 Å². The van der Waals surface area contributed by atoms with Gasteiger partial charge in [0.1, 0.15) is 5.82 Å². The zero-order chi connectivity index (χ0) is 20.6. The number of hydrogen-bond donors (Lipinski definition) is 0. The molecule has 0 unspecified atom stereocenters. The van der Waals surface area contributed by atoms with Crippen LogP contribution in [0.15, 0.2) is 18.5 Å². The molecule has 0 spiro atoms. The van der Waals surface area contributed by atoms with Crippen LogP contribution in [-0.4, -0.2) is 51.8 Å². The Morgan fingerprint density at radius 3 is 2.32 bits per heavy atom. The molecule has 28 heavy (non-hydrogen) atoms. The van der Waals surface area contributed by atoms with E-state index in [0.717, 1.165) is 10.9 Å². The van der Waals surface area contributed by atoms with E-state index in [-0.39, 0.29) is 13.1 Å². The Hall–Kier alpha value is -2.00. The molecule has 152 valence electrons. The topological polar surface area (TPSA) is 54.3 Å². The summed E-state index contributed by atoms with van der Waals surface area (Å²) in [5, 5.41) is 4.57. The predicted molar refractivity (Wildman–Crippen MR) is 100.0 cm³/mol. The Kier molecular flexibility index (Phi) is 5.77. The normalized spacial score (nSPS) is 15.4. The van der Waals surface area contributed by atoms with E-state index in [2.05, 4.69) is 10.1 Å². The molecule has 6 nitrogen and oxygen atoms in total. The van der Waals surface area contributed by atoms with E-state index < -0.39 is 29.4 Å². The number of carbonyl (C=O) groups is 1. The van der Waals surface area contributed by atoms with E-state index in [9.17, 15) is 18.0 Å². The Labute approximate surface area is 169 Å². The minimum Gasteiger partial charge on any atom is -0.352 e. The molecule has 0 N–H and O–H groups in total. The summed E-state index contributed by atoms with van der Waals surface area (Å²) in [6.45, 7) is 4.42. The molecule has 0 atom stereocenters. The number of rotatable bonds is 3. The standard InChI is InChI=1S/C17H18Cl2F3N5O/c1-10(2)27-14(17(20,21)22)12(9-24-27)16(28)26-5-3-25(4-6-26)15-13(19)7-11(18)8-23-15/h7-10H,3-6H2,1-2H3. The zero-order valence-electron chi connectivity index (χ0n) is 15.2. The van der Waals surface area contributed by atoms with Crippen molar-refractivity contribution in [3.8, 4) is 0 Å². The summed E-state index contributed by atoms with van der Waals surface area (Å²) in [4.78, 5) is 20.2. The van der Waals surface area contributed by atoms with Crippen molar-refractivity contribution in [2.75, 3.05) is 31.1 Å². The van der Waals surface area contributed by atoms with Crippen LogP contribution in [0.5, 0.6) is 0 Å². The number of nitrogens with zero attached hydrogens (tertiary/aromatic N) is 5. The van der Waals surface area contributed by atoms with Crippen molar-refractivity contribution in [1.82, 2.24) is 19.7 Å². The van der Waals surface area contributed by atoms with Crippen molar-refractivity contribution in [3.63, 3.8) is 0 Å². The summed E-state index contributed by atoms with van der Waals surface area (Å²) in [5.41, 5.74) is -1.45. The third kappa shape index (κ3) is 4.05. The Balaban J connectivity index is 1.77. The zero-order valence-corrected chi connectivity index (χ0v) is 16.7. The van der Waals surface area contributed by atoms with Gasteiger partial charge in [-0.2, -0.15) is 18.3 Å². The number of piperazine rings is 1. The van der Waals surface area contributed by atoms with E-state index in [1.54, 1.807) is 19.9 Å². The van der Waals surface area contributed by atoms with E-state index in [1.807, 2.05) is 4.90 Å². The minimum atomic E-state index is -4.67. The van der Waals surface area contributed by atoms with E-state index in [1.165, 1.54) is 11.1 Å².